The van der Waals surface area contributed by atoms with Crippen LogP contribution in [0.2, 0.25) is 0 Å². The Morgan fingerprint density at radius 2 is 1.67 bits per heavy atom. The zero-order valence-electron chi connectivity index (χ0n) is 14.1. The molecule has 0 saturated carbocycles. The topological polar surface area (TPSA) is 23.5 Å². The van der Waals surface area contributed by atoms with Crippen LogP contribution >= 0.6 is 0 Å². The highest BCUT2D eigenvalue weighted by Gasteiger charge is 2.20. The minimum absolute atomic E-state index is 0.162. The maximum absolute atomic E-state index is 13.0. The van der Waals surface area contributed by atoms with Gasteiger partial charge in [0.2, 0.25) is 0 Å². The van der Waals surface area contributed by atoms with Crippen molar-refractivity contribution in [3.05, 3.63) is 71.5 Å². The predicted molar refractivity (Wildman–Crippen MR) is 95.3 cm³/mol. The van der Waals surface area contributed by atoms with E-state index in [0.29, 0.717) is 5.92 Å². The summed E-state index contributed by atoms with van der Waals surface area (Å²) in [5.41, 5.74) is 2.23. The molecule has 2 nitrogen and oxygen atoms in total. The summed E-state index contributed by atoms with van der Waals surface area (Å²) in [6.45, 7) is 3.13. The number of halogens is 1. The summed E-state index contributed by atoms with van der Waals surface area (Å²) >= 11 is 0. The lowest BCUT2D eigenvalue weighted by Gasteiger charge is -2.32. The fraction of sp³-hybridized carbons (Fsp3) is 0.429. The Labute approximate surface area is 143 Å². The molecule has 2 aromatic carbocycles. The van der Waals surface area contributed by atoms with Crippen LogP contribution in [-0.4, -0.2) is 29.6 Å². The maximum Gasteiger partial charge on any atom is 0.123 e. The Kier molecular flexibility index (Phi) is 6.00. The number of nitrogens with zero attached hydrogens (tertiary/aromatic N) is 1. The van der Waals surface area contributed by atoms with E-state index in [0.717, 1.165) is 38.0 Å². The summed E-state index contributed by atoms with van der Waals surface area (Å²) in [5, 5.41) is 10.3. The Morgan fingerprint density at radius 3 is 2.33 bits per heavy atom. The van der Waals surface area contributed by atoms with Crippen molar-refractivity contribution < 1.29 is 9.50 Å². The molecule has 1 aliphatic heterocycles. The van der Waals surface area contributed by atoms with Crippen molar-refractivity contribution in [2.75, 3.05) is 19.6 Å². The first-order chi connectivity index (χ1) is 11.7. The molecule has 1 fully saturated rings. The molecule has 128 valence electrons. The van der Waals surface area contributed by atoms with Gasteiger partial charge in [-0.15, -0.1) is 0 Å². The van der Waals surface area contributed by atoms with E-state index in [1.54, 1.807) is 12.1 Å². The van der Waals surface area contributed by atoms with Crippen LogP contribution in [-0.2, 0) is 6.42 Å². The Hall–Kier alpha value is -1.71. The molecule has 2 aromatic rings. The molecular formula is C21H26FNO. The number of piperidine rings is 1. The molecule has 0 radical (unpaired) electrons. The van der Waals surface area contributed by atoms with Gasteiger partial charge in [0.15, 0.2) is 0 Å². The van der Waals surface area contributed by atoms with Crippen molar-refractivity contribution in [1.29, 1.82) is 0 Å². The minimum atomic E-state index is -0.372. The summed E-state index contributed by atoms with van der Waals surface area (Å²) < 4.78 is 13.0. The fourth-order valence-electron chi connectivity index (χ4n) is 3.51. The van der Waals surface area contributed by atoms with Gasteiger partial charge in [-0.25, -0.2) is 4.39 Å². The predicted octanol–water partition coefficient (Wildman–Crippen LogP) is 4.20. The molecule has 1 heterocycles. The van der Waals surface area contributed by atoms with E-state index >= 15 is 0 Å². The van der Waals surface area contributed by atoms with E-state index in [-0.39, 0.29) is 11.9 Å². The Balaban J connectivity index is 1.40. The summed E-state index contributed by atoms with van der Waals surface area (Å²) in [4.78, 5) is 2.45. The van der Waals surface area contributed by atoms with E-state index in [1.807, 2.05) is 42.5 Å². The lowest BCUT2D eigenvalue weighted by atomic mass is 9.90. The van der Waals surface area contributed by atoms with E-state index in [4.69, 9.17) is 0 Å². The molecule has 3 heteroatoms. The molecule has 1 unspecified atom stereocenters. The van der Waals surface area contributed by atoms with E-state index in [9.17, 15) is 9.50 Å². The monoisotopic (exact) mass is 327 g/mol. The summed E-state index contributed by atoms with van der Waals surface area (Å²) in [6.07, 6.45) is 3.81. The van der Waals surface area contributed by atoms with Crippen LogP contribution < -0.4 is 0 Å². The maximum atomic E-state index is 13.0. The summed E-state index contributed by atoms with van der Waals surface area (Å²) in [6, 6.07) is 16.8. The van der Waals surface area contributed by atoms with E-state index in [1.165, 1.54) is 18.4 Å². The third kappa shape index (κ3) is 4.89. The average Bonchev–Trinajstić information content (AvgIpc) is 2.63. The standard InChI is InChI=1S/C21H26FNO/c22-20-8-6-17(7-9-20)16-18-10-13-23(14-11-18)15-12-21(24)19-4-2-1-3-5-19/h1-9,18,21,24H,10-16H2. The molecule has 1 atom stereocenters. The van der Waals surface area contributed by atoms with Gasteiger partial charge in [0.25, 0.3) is 0 Å². The molecule has 0 aromatic heterocycles. The lowest BCUT2D eigenvalue weighted by Crippen LogP contribution is -2.35. The van der Waals surface area contributed by atoms with Gasteiger partial charge < -0.3 is 10.0 Å². The molecule has 3 rings (SSSR count). The molecule has 0 spiro atoms. The molecule has 1 saturated heterocycles. The number of hydrogen-bond donors (Lipinski definition) is 1. The third-order valence-electron chi connectivity index (χ3n) is 5.05. The molecule has 1 N–H and O–H groups in total. The third-order valence-corrected chi connectivity index (χ3v) is 5.05. The SMILES string of the molecule is OC(CCN1CCC(Cc2ccc(F)cc2)CC1)c1ccccc1. The van der Waals surface area contributed by atoms with Crippen molar-refractivity contribution in [2.24, 2.45) is 5.92 Å². The van der Waals surface area contributed by atoms with Gasteiger partial charge in [0.05, 0.1) is 6.10 Å². The van der Waals surface area contributed by atoms with Gasteiger partial charge in [0, 0.05) is 6.54 Å². The number of aliphatic hydroxyl groups excluding tert-OH is 1. The van der Waals surface area contributed by atoms with Gasteiger partial charge in [-0.1, -0.05) is 42.5 Å². The zero-order chi connectivity index (χ0) is 16.8. The highest BCUT2D eigenvalue weighted by Crippen LogP contribution is 2.23. The second-order valence-electron chi connectivity index (χ2n) is 6.83. The second-order valence-corrected chi connectivity index (χ2v) is 6.83. The number of benzene rings is 2. The van der Waals surface area contributed by atoms with E-state index in [2.05, 4.69) is 4.90 Å². The summed E-state index contributed by atoms with van der Waals surface area (Å²) in [7, 11) is 0. The fourth-order valence-corrected chi connectivity index (χ4v) is 3.51. The number of likely N-dealkylation sites (tertiary alicyclic amines) is 1. The zero-order valence-corrected chi connectivity index (χ0v) is 14.1. The minimum Gasteiger partial charge on any atom is -0.388 e. The highest BCUT2D eigenvalue weighted by molar-refractivity contribution is 5.17. The van der Waals surface area contributed by atoms with Gasteiger partial charge in [-0.05, 0) is 68.0 Å². The van der Waals surface area contributed by atoms with Crippen molar-refractivity contribution in [3.63, 3.8) is 0 Å². The number of aliphatic hydroxyl groups is 1. The summed E-state index contributed by atoms with van der Waals surface area (Å²) in [5.74, 6) is 0.524. The number of rotatable bonds is 6. The van der Waals surface area contributed by atoms with Crippen molar-refractivity contribution in [2.45, 2.75) is 31.8 Å². The molecule has 0 amide bonds. The first-order valence-electron chi connectivity index (χ1n) is 8.90. The quantitative estimate of drug-likeness (QED) is 0.859. The van der Waals surface area contributed by atoms with Crippen molar-refractivity contribution in [3.8, 4) is 0 Å². The largest absolute Gasteiger partial charge is 0.388 e. The first kappa shape index (κ1) is 17.1. The smallest absolute Gasteiger partial charge is 0.123 e. The number of hydrogen-bond acceptors (Lipinski definition) is 2. The first-order valence-corrected chi connectivity index (χ1v) is 8.90. The van der Waals surface area contributed by atoms with Crippen LogP contribution in [0.4, 0.5) is 4.39 Å². The van der Waals surface area contributed by atoms with E-state index < -0.39 is 0 Å². The van der Waals surface area contributed by atoms with Gasteiger partial charge in [-0.2, -0.15) is 0 Å². The van der Waals surface area contributed by atoms with Crippen molar-refractivity contribution >= 4 is 0 Å². The lowest BCUT2D eigenvalue weighted by molar-refractivity contribution is 0.123. The second kappa shape index (κ2) is 8.41. The van der Waals surface area contributed by atoms with Crippen LogP contribution in [0.3, 0.4) is 0 Å². The van der Waals surface area contributed by atoms with Crippen LogP contribution in [0.5, 0.6) is 0 Å². The van der Waals surface area contributed by atoms with Crippen molar-refractivity contribution in [1.82, 2.24) is 4.90 Å². The van der Waals surface area contributed by atoms with Gasteiger partial charge >= 0.3 is 0 Å². The van der Waals surface area contributed by atoms with Crippen LogP contribution in [0.25, 0.3) is 0 Å². The van der Waals surface area contributed by atoms with Crippen LogP contribution in [0, 0.1) is 11.7 Å². The van der Waals surface area contributed by atoms with Crippen LogP contribution in [0.15, 0.2) is 54.6 Å². The molecule has 24 heavy (non-hydrogen) atoms. The van der Waals surface area contributed by atoms with Crippen LogP contribution in [0.1, 0.15) is 36.5 Å². The average molecular weight is 327 g/mol. The highest BCUT2D eigenvalue weighted by atomic mass is 19.1. The Morgan fingerprint density at radius 1 is 1.00 bits per heavy atom. The van der Waals surface area contributed by atoms with Gasteiger partial charge in [-0.3, -0.25) is 0 Å². The molecular weight excluding hydrogens is 301 g/mol. The molecule has 1 aliphatic rings. The molecule has 0 bridgehead atoms. The molecule has 0 aliphatic carbocycles. The normalized spacial score (nSPS) is 17.8. The Bertz CT molecular complexity index is 605. The van der Waals surface area contributed by atoms with Gasteiger partial charge in [0.1, 0.15) is 5.82 Å².